The Labute approximate surface area is 196 Å². The number of sulfonamides is 1. The Bertz CT molecular complexity index is 1220. The van der Waals surface area contributed by atoms with Gasteiger partial charge in [0.25, 0.3) is 0 Å². The number of rotatable bonds is 8. The van der Waals surface area contributed by atoms with E-state index in [0.29, 0.717) is 49.8 Å². The highest BCUT2D eigenvalue weighted by molar-refractivity contribution is 7.90. The van der Waals surface area contributed by atoms with Crippen molar-refractivity contribution in [3.63, 3.8) is 0 Å². The lowest BCUT2D eigenvalue weighted by Gasteiger charge is -2.27. The van der Waals surface area contributed by atoms with Gasteiger partial charge in [-0.25, -0.2) is 22.3 Å². The van der Waals surface area contributed by atoms with Crippen LogP contribution in [0.15, 0.2) is 34.4 Å². The molecule has 182 valence electrons. The van der Waals surface area contributed by atoms with Crippen molar-refractivity contribution in [1.82, 2.24) is 14.8 Å². The van der Waals surface area contributed by atoms with Crippen LogP contribution in [0, 0.1) is 12.8 Å². The molecule has 2 aliphatic heterocycles. The highest BCUT2D eigenvalue weighted by Crippen LogP contribution is 2.37. The van der Waals surface area contributed by atoms with Gasteiger partial charge in [0.2, 0.25) is 10.0 Å². The Morgan fingerprint density at radius 2 is 2.15 bits per heavy atom. The van der Waals surface area contributed by atoms with Gasteiger partial charge in [-0.3, -0.25) is 0 Å². The predicted molar refractivity (Wildman–Crippen MR) is 117 cm³/mol. The highest BCUT2D eigenvalue weighted by Gasteiger charge is 2.50. The summed E-state index contributed by atoms with van der Waals surface area (Å²) in [6, 6.07) is 1.12. The molecule has 5 rings (SSSR count). The van der Waals surface area contributed by atoms with Crippen LogP contribution in [0.5, 0.6) is 0 Å². The van der Waals surface area contributed by atoms with Crippen molar-refractivity contribution in [2.75, 3.05) is 26.4 Å². The van der Waals surface area contributed by atoms with E-state index in [-0.39, 0.29) is 18.0 Å². The van der Waals surface area contributed by atoms with Crippen LogP contribution in [0.3, 0.4) is 0 Å². The van der Waals surface area contributed by atoms with Crippen molar-refractivity contribution in [3.05, 3.63) is 41.3 Å². The minimum atomic E-state index is -3.98. The summed E-state index contributed by atoms with van der Waals surface area (Å²) >= 11 is 0. The van der Waals surface area contributed by atoms with E-state index in [1.165, 1.54) is 22.8 Å². The third-order valence-corrected chi connectivity index (χ3v) is 8.29. The van der Waals surface area contributed by atoms with E-state index >= 15 is 0 Å². The molecular weight excluding hydrogens is 467 g/mol. The smallest absolute Gasteiger partial charge is 0.381 e. The van der Waals surface area contributed by atoms with Crippen molar-refractivity contribution >= 4 is 27.7 Å². The van der Waals surface area contributed by atoms with Gasteiger partial charge in [-0.1, -0.05) is 11.2 Å². The molecule has 10 nitrogen and oxygen atoms in total. The molecule has 4 aliphatic rings. The Morgan fingerprint density at radius 3 is 2.76 bits per heavy atom. The van der Waals surface area contributed by atoms with Crippen molar-refractivity contribution in [3.8, 4) is 0 Å². The minimum Gasteiger partial charge on any atom is -0.381 e. The van der Waals surface area contributed by atoms with Gasteiger partial charge in [-0.15, -0.1) is 4.90 Å². The predicted octanol–water partition coefficient (Wildman–Crippen LogP) is 1.22. The number of nitrogens with zero attached hydrogens (tertiary/aromatic N) is 3. The molecular formula is C22H26FN4O6S+. The number of nitrogens with one attached hydrogen (secondary N) is 1. The van der Waals surface area contributed by atoms with E-state index < -0.39 is 39.4 Å². The van der Waals surface area contributed by atoms with Gasteiger partial charge in [0.15, 0.2) is 12.3 Å². The summed E-state index contributed by atoms with van der Waals surface area (Å²) in [5.41, 5.74) is 0.0209. The van der Waals surface area contributed by atoms with Gasteiger partial charge in [0.1, 0.15) is 23.2 Å². The lowest BCUT2D eigenvalue weighted by molar-refractivity contribution is -0.445. The second kappa shape index (κ2) is 8.51. The van der Waals surface area contributed by atoms with E-state index in [1.807, 2.05) is 0 Å². The maximum absolute atomic E-state index is 13.4. The Kier molecular flexibility index (Phi) is 5.77. The molecule has 0 radical (unpaired) electrons. The number of ether oxygens (including phenoxy) is 1. The molecule has 3 amide bonds. The first-order valence-electron chi connectivity index (χ1n) is 11.2. The van der Waals surface area contributed by atoms with Crippen LogP contribution in [0.4, 0.5) is 9.18 Å². The van der Waals surface area contributed by atoms with Crippen LogP contribution in [0.2, 0.25) is 0 Å². The highest BCUT2D eigenvalue weighted by atomic mass is 32.2. The number of halogens is 1. The first kappa shape index (κ1) is 23.1. The van der Waals surface area contributed by atoms with Gasteiger partial charge in [0.05, 0.1) is 24.4 Å². The topological polar surface area (TPSA) is 122 Å². The van der Waals surface area contributed by atoms with E-state index in [2.05, 4.69) is 9.88 Å². The summed E-state index contributed by atoms with van der Waals surface area (Å²) < 4.78 is 53.8. The Morgan fingerprint density at radius 1 is 1.35 bits per heavy atom. The van der Waals surface area contributed by atoms with Gasteiger partial charge >= 0.3 is 11.9 Å². The fourth-order valence-corrected chi connectivity index (χ4v) is 6.00. The van der Waals surface area contributed by atoms with E-state index in [1.54, 1.807) is 13.0 Å². The average Bonchev–Trinajstić information content (AvgIpc) is 3.17. The van der Waals surface area contributed by atoms with Crippen LogP contribution >= 0.6 is 0 Å². The molecule has 2 aliphatic carbocycles. The zero-order chi connectivity index (χ0) is 24.1. The second-order valence-electron chi connectivity index (χ2n) is 9.30. The standard InChI is InChI=1S/C22H26FN4O6S/c1-14-8-16(33-24-14)11-27-20(28)18-9-17(34(30,31)25-22(13-23)5-6-22)2-3-19(18)26(21(27)29)10-15-4-7-32-12-15/h2-3,8-9,15,17,25H,4-7,10-13H2,1H3/q+1. The summed E-state index contributed by atoms with van der Waals surface area (Å²) in [5, 5.41) is 2.64. The third kappa shape index (κ3) is 4.25. The monoisotopic (exact) mass is 493 g/mol. The molecule has 1 saturated carbocycles. The van der Waals surface area contributed by atoms with Crippen LogP contribution in [0.1, 0.15) is 30.7 Å². The molecule has 0 bridgehead atoms. The largest absolute Gasteiger partial charge is 0.501 e. The van der Waals surface area contributed by atoms with Crippen LogP contribution < -0.4 is 4.72 Å². The van der Waals surface area contributed by atoms with E-state index in [9.17, 15) is 22.4 Å². The maximum Gasteiger partial charge on any atom is 0.501 e. The number of urea groups is 1. The quantitative estimate of drug-likeness (QED) is 0.541. The Hall–Kier alpha value is -2.70. The lowest BCUT2D eigenvalue weighted by atomic mass is 9.98. The molecule has 1 aromatic rings. The summed E-state index contributed by atoms with van der Waals surface area (Å²) in [5.74, 6) is -0.191. The number of imide groups is 1. The molecule has 2 unspecified atom stereocenters. The fraction of sp³-hybridized carbons (Fsp3) is 0.545. The number of aromatic nitrogens is 1. The molecule has 2 atom stereocenters. The molecule has 1 saturated heterocycles. The lowest BCUT2D eigenvalue weighted by Crippen LogP contribution is -2.53. The number of fused-ring (bicyclic) bond motifs is 1. The first-order chi connectivity index (χ1) is 16.2. The van der Waals surface area contributed by atoms with E-state index in [0.717, 1.165) is 11.3 Å². The second-order valence-corrected chi connectivity index (χ2v) is 11.1. The number of hydrogen-bond donors (Lipinski definition) is 1. The molecule has 2 fully saturated rings. The van der Waals surface area contributed by atoms with Crippen LogP contribution in [-0.2, 0) is 26.1 Å². The normalized spacial score (nSPS) is 26.2. The molecule has 12 heteroatoms. The van der Waals surface area contributed by atoms with Crippen molar-refractivity contribution < 1.29 is 36.2 Å². The zero-order valence-corrected chi connectivity index (χ0v) is 19.5. The molecule has 0 spiro atoms. The summed E-state index contributed by atoms with van der Waals surface area (Å²) in [6.07, 6.45) is 5.89. The van der Waals surface area contributed by atoms with Crippen molar-refractivity contribution in [1.29, 1.82) is 0 Å². The van der Waals surface area contributed by atoms with Gasteiger partial charge in [0, 0.05) is 18.6 Å². The minimum absolute atomic E-state index is 0.0936. The molecule has 1 N–H and O–H groups in total. The summed E-state index contributed by atoms with van der Waals surface area (Å²) in [6.45, 7) is 2.24. The SMILES string of the molecule is Cc1cc(CN2C(=O)C3=CC(S(=O)(=O)NC4(CF)CC4)C=CC3=[N+](CC3CCOC3)C2=O)on1. The van der Waals surface area contributed by atoms with Gasteiger partial charge < -0.3 is 9.26 Å². The van der Waals surface area contributed by atoms with Crippen LogP contribution in [-0.4, -0.2) is 77.9 Å². The van der Waals surface area contributed by atoms with Crippen molar-refractivity contribution in [2.45, 2.75) is 43.5 Å². The summed E-state index contributed by atoms with van der Waals surface area (Å²) in [7, 11) is -3.98. The maximum atomic E-state index is 13.4. The molecule has 1 aromatic heterocycles. The number of aryl methyl sites for hydroxylation is 1. The van der Waals surface area contributed by atoms with Gasteiger partial charge in [-0.2, -0.15) is 9.37 Å². The number of amides is 3. The number of carbonyl (C=O) groups excluding carboxylic acids is 2. The fourth-order valence-electron chi connectivity index (χ4n) is 4.40. The molecule has 3 heterocycles. The van der Waals surface area contributed by atoms with E-state index in [4.69, 9.17) is 9.26 Å². The number of allylic oxidation sites excluding steroid dienone is 1. The first-order valence-corrected chi connectivity index (χ1v) is 12.8. The average molecular weight is 494 g/mol. The van der Waals surface area contributed by atoms with Crippen molar-refractivity contribution in [2.24, 2.45) is 5.92 Å². The Balaban J connectivity index is 1.50. The molecule has 34 heavy (non-hydrogen) atoms. The molecule has 0 aromatic carbocycles. The van der Waals surface area contributed by atoms with Crippen LogP contribution in [0.25, 0.3) is 0 Å². The number of carbonyl (C=O) groups is 2. The zero-order valence-electron chi connectivity index (χ0n) is 18.7. The summed E-state index contributed by atoms with van der Waals surface area (Å²) in [4.78, 5) is 27.8. The number of hydrogen-bond acceptors (Lipinski definition) is 7. The van der Waals surface area contributed by atoms with Gasteiger partial charge in [-0.05, 0) is 38.3 Å². The number of alkyl halides is 1. The third-order valence-electron chi connectivity index (χ3n) is 6.56.